The number of alkyl halides is 3. The highest BCUT2D eigenvalue weighted by Gasteiger charge is 2.52. The zero-order valence-electron chi connectivity index (χ0n) is 12.9. The number of rotatable bonds is 3. The van der Waals surface area contributed by atoms with Crippen LogP contribution in [0.1, 0.15) is 36.8 Å². The van der Waals surface area contributed by atoms with E-state index in [0.717, 1.165) is 5.56 Å². The van der Waals surface area contributed by atoms with Crippen molar-refractivity contribution in [2.75, 3.05) is 6.54 Å². The molecular weight excluding hydrogens is 337 g/mol. The highest BCUT2D eigenvalue weighted by atomic mass is 32.1. The maximum Gasteiger partial charge on any atom is 0.401 e. The van der Waals surface area contributed by atoms with E-state index >= 15 is 0 Å². The van der Waals surface area contributed by atoms with Crippen molar-refractivity contribution in [3.63, 3.8) is 0 Å². The number of thiocarbonyl (C=S) groups is 1. The number of pyridine rings is 1. The molecule has 2 aliphatic rings. The van der Waals surface area contributed by atoms with Crippen LogP contribution in [0.5, 0.6) is 0 Å². The zero-order chi connectivity index (χ0) is 17.5. The summed E-state index contributed by atoms with van der Waals surface area (Å²) in [5.41, 5.74) is 6.47. The third-order valence-corrected chi connectivity index (χ3v) is 5.58. The molecule has 128 valence electrons. The number of hydrogen-bond donors (Lipinski definition) is 1. The standard InChI is InChI=1S/C16H17F3N4S/c17-16(18,19)9-23-12-1-2-13(23)5-15(4-12,14(21)24)11-3-10(6-20)7-22-8-11/h3,7-8,12-13H,1-2,4-5,9H2,(H2,21,24)/t12-,13+,15+. The quantitative estimate of drug-likeness (QED) is 0.846. The van der Waals surface area contributed by atoms with E-state index in [1.807, 2.05) is 6.07 Å². The van der Waals surface area contributed by atoms with Crippen LogP contribution in [0.25, 0.3) is 0 Å². The van der Waals surface area contributed by atoms with Crippen LogP contribution in [-0.2, 0) is 5.41 Å². The van der Waals surface area contributed by atoms with E-state index in [4.69, 9.17) is 23.2 Å². The van der Waals surface area contributed by atoms with Gasteiger partial charge in [-0.3, -0.25) is 9.88 Å². The zero-order valence-corrected chi connectivity index (χ0v) is 13.7. The second-order valence-corrected chi connectivity index (χ2v) is 7.04. The monoisotopic (exact) mass is 354 g/mol. The summed E-state index contributed by atoms with van der Waals surface area (Å²) in [5.74, 6) is 0. The lowest BCUT2D eigenvalue weighted by Gasteiger charge is -2.46. The van der Waals surface area contributed by atoms with Crippen molar-refractivity contribution < 1.29 is 13.2 Å². The summed E-state index contributed by atoms with van der Waals surface area (Å²) in [6.45, 7) is -0.897. The van der Waals surface area contributed by atoms with E-state index in [1.165, 1.54) is 11.1 Å². The second kappa shape index (κ2) is 5.97. The molecule has 0 amide bonds. The Bertz CT molecular complexity index is 683. The van der Waals surface area contributed by atoms with Crippen molar-refractivity contribution >= 4 is 17.2 Å². The van der Waals surface area contributed by atoms with Crippen LogP contribution in [0, 0.1) is 11.3 Å². The summed E-state index contributed by atoms with van der Waals surface area (Å²) in [5, 5.41) is 9.08. The highest BCUT2D eigenvalue weighted by Crippen LogP contribution is 2.48. The lowest BCUT2D eigenvalue weighted by molar-refractivity contribution is -0.156. The maximum atomic E-state index is 12.8. The molecule has 2 N–H and O–H groups in total. The summed E-state index contributed by atoms with van der Waals surface area (Å²) in [4.78, 5) is 5.88. The lowest BCUT2D eigenvalue weighted by Crippen LogP contribution is -2.56. The molecule has 3 rings (SSSR count). The third kappa shape index (κ3) is 2.98. The van der Waals surface area contributed by atoms with E-state index in [-0.39, 0.29) is 17.1 Å². The Morgan fingerprint density at radius 1 is 1.38 bits per heavy atom. The predicted octanol–water partition coefficient (Wildman–Crippen LogP) is 2.67. The molecule has 2 bridgehead atoms. The van der Waals surface area contributed by atoms with Gasteiger partial charge in [-0.15, -0.1) is 0 Å². The number of halogens is 3. The van der Waals surface area contributed by atoms with E-state index in [9.17, 15) is 13.2 Å². The number of nitrogens with zero attached hydrogens (tertiary/aromatic N) is 3. The van der Waals surface area contributed by atoms with Crippen LogP contribution >= 0.6 is 12.2 Å². The highest BCUT2D eigenvalue weighted by molar-refractivity contribution is 7.80. The number of nitriles is 1. The van der Waals surface area contributed by atoms with Crippen LogP contribution in [0.2, 0.25) is 0 Å². The number of hydrogen-bond acceptors (Lipinski definition) is 4. The van der Waals surface area contributed by atoms with E-state index in [2.05, 4.69) is 4.98 Å². The smallest absolute Gasteiger partial charge is 0.393 e. The molecule has 3 atom stereocenters. The van der Waals surface area contributed by atoms with Crippen LogP contribution in [0.4, 0.5) is 13.2 Å². The summed E-state index contributed by atoms with van der Waals surface area (Å²) in [6.07, 6.45) is 1.14. The average Bonchev–Trinajstić information content (AvgIpc) is 2.75. The van der Waals surface area contributed by atoms with Crippen molar-refractivity contribution in [2.24, 2.45) is 5.73 Å². The van der Waals surface area contributed by atoms with Crippen molar-refractivity contribution in [3.05, 3.63) is 29.6 Å². The summed E-state index contributed by atoms with van der Waals surface area (Å²) in [6, 6.07) is 3.31. The number of fused-ring (bicyclic) bond motifs is 2. The fourth-order valence-corrected chi connectivity index (χ4v) is 4.43. The Morgan fingerprint density at radius 2 is 2.00 bits per heavy atom. The number of piperidine rings is 1. The molecule has 8 heteroatoms. The molecule has 3 heterocycles. The van der Waals surface area contributed by atoms with Gasteiger partial charge in [-0.05, 0) is 37.3 Å². The molecule has 0 saturated carbocycles. The van der Waals surface area contributed by atoms with Gasteiger partial charge in [-0.2, -0.15) is 18.4 Å². The average molecular weight is 354 g/mol. The molecule has 24 heavy (non-hydrogen) atoms. The molecule has 2 aliphatic heterocycles. The van der Waals surface area contributed by atoms with Crippen LogP contribution in [0.15, 0.2) is 18.5 Å². The normalized spacial score (nSPS) is 30.1. The fraction of sp³-hybridized carbons (Fsp3) is 0.562. The minimum Gasteiger partial charge on any atom is -0.393 e. The largest absolute Gasteiger partial charge is 0.401 e. The minimum absolute atomic E-state index is 0.211. The third-order valence-electron chi connectivity index (χ3n) is 5.19. The van der Waals surface area contributed by atoms with Gasteiger partial charge in [0.2, 0.25) is 0 Å². The van der Waals surface area contributed by atoms with Crippen molar-refractivity contribution in [2.45, 2.75) is 49.4 Å². The minimum atomic E-state index is -4.22. The molecule has 2 fully saturated rings. The van der Waals surface area contributed by atoms with Crippen LogP contribution < -0.4 is 5.73 Å². The molecule has 0 aromatic carbocycles. The molecule has 4 nitrogen and oxygen atoms in total. The molecular formula is C16H17F3N4S. The summed E-state index contributed by atoms with van der Waals surface area (Å²) >= 11 is 5.30. The van der Waals surface area contributed by atoms with Gasteiger partial charge in [-0.1, -0.05) is 12.2 Å². The maximum absolute atomic E-state index is 12.8. The Hall–Kier alpha value is -1.72. The van der Waals surface area contributed by atoms with Gasteiger partial charge in [-0.25, -0.2) is 0 Å². The van der Waals surface area contributed by atoms with Gasteiger partial charge >= 0.3 is 6.18 Å². The van der Waals surface area contributed by atoms with Gasteiger partial charge in [0.05, 0.1) is 17.1 Å². The fourth-order valence-electron chi connectivity index (χ4n) is 4.15. The van der Waals surface area contributed by atoms with E-state index in [1.54, 1.807) is 12.3 Å². The SMILES string of the molecule is N#Cc1cncc([C@]2(C(N)=S)C[C@H]3CC[C@@H](C2)N3CC(F)(F)F)c1. The molecule has 0 aliphatic carbocycles. The van der Waals surface area contributed by atoms with Crippen molar-refractivity contribution in [3.8, 4) is 6.07 Å². The van der Waals surface area contributed by atoms with Gasteiger partial charge in [0, 0.05) is 29.9 Å². The first-order chi connectivity index (χ1) is 11.2. The Kier molecular flexibility index (Phi) is 4.26. The van der Waals surface area contributed by atoms with Gasteiger partial charge in [0.25, 0.3) is 0 Å². The van der Waals surface area contributed by atoms with E-state index < -0.39 is 18.1 Å². The first kappa shape index (κ1) is 17.1. The topological polar surface area (TPSA) is 65.9 Å². The molecule has 1 aromatic heterocycles. The Labute approximate surface area is 143 Å². The number of nitrogens with two attached hydrogens (primary N) is 1. The Morgan fingerprint density at radius 3 is 2.50 bits per heavy atom. The van der Waals surface area contributed by atoms with Crippen LogP contribution in [-0.4, -0.2) is 39.7 Å². The molecule has 1 aromatic rings. The van der Waals surface area contributed by atoms with Gasteiger partial charge in [0.15, 0.2) is 0 Å². The summed E-state index contributed by atoms with van der Waals surface area (Å²) in [7, 11) is 0. The van der Waals surface area contributed by atoms with Crippen LogP contribution in [0.3, 0.4) is 0 Å². The summed E-state index contributed by atoms with van der Waals surface area (Å²) < 4.78 is 38.5. The number of aromatic nitrogens is 1. The molecule has 2 saturated heterocycles. The van der Waals surface area contributed by atoms with Gasteiger partial charge < -0.3 is 5.73 Å². The predicted molar refractivity (Wildman–Crippen MR) is 86.2 cm³/mol. The molecule has 0 radical (unpaired) electrons. The molecule has 0 unspecified atom stereocenters. The first-order valence-electron chi connectivity index (χ1n) is 7.73. The van der Waals surface area contributed by atoms with Gasteiger partial charge in [0.1, 0.15) is 6.07 Å². The molecule has 0 spiro atoms. The van der Waals surface area contributed by atoms with Crippen molar-refractivity contribution in [1.29, 1.82) is 5.26 Å². The van der Waals surface area contributed by atoms with Crippen molar-refractivity contribution in [1.82, 2.24) is 9.88 Å². The second-order valence-electron chi connectivity index (χ2n) is 6.60. The van der Waals surface area contributed by atoms with E-state index in [0.29, 0.717) is 31.2 Å². The first-order valence-corrected chi connectivity index (χ1v) is 8.14. The Balaban J connectivity index is 1.95. The lowest BCUT2D eigenvalue weighted by atomic mass is 9.70.